The minimum Gasteiger partial charge on any atom is -0.478 e. The lowest BCUT2D eigenvalue weighted by Crippen LogP contribution is -1.97. The average Bonchev–Trinajstić information content (AvgIpc) is 2.89. The van der Waals surface area contributed by atoms with E-state index >= 15 is 0 Å². The van der Waals surface area contributed by atoms with Crippen molar-refractivity contribution >= 4 is 55.2 Å². The van der Waals surface area contributed by atoms with Gasteiger partial charge in [-0.3, -0.25) is 0 Å². The largest absolute Gasteiger partial charge is 0.478 e. The molecule has 106 valence electrons. The lowest BCUT2D eigenvalue weighted by atomic mass is 10.2. The lowest BCUT2D eigenvalue weighted by molar-refractivity contribution is 0.0695. The molecule has 0 unspecified atom stereocenters. The summed E-state index contributed by atoms with van der Waals surface area (Å²) in [6.07, 6.45) is 0. The summed E-state index contributed by atoms with van der Waals surface area (Å²) in [6, 6.07) is 13.4. The molecule has 0 amide bonds. The molecule has 1 aromatic heterocycles. The van der Waals surface area contributed by atoms with Gasteiger partial charge in [-0.25, -0.2) is 9.78 Å². The minimum atomic E-state index is -0.927. The van der Waals surface area contributed by atoms with Gasteiger partial charge in [0.2, 0.25) is 0 Å². The number of thioether (sulfide) groups is 1. The fourth-order valence-electron chi connectivity index (χ4n) is 1.88. The third-order valence-electron chi connectivity index (χ3n) is 2.87. The second-order valence-electron chi connectivity index (χ2n) is 4.31. The van der Waals surface area contributed by atoms with Gasteiger partial charge in [0.05, 0.1) is 21.5 Å². The Bertz CT molecular complexity index is 783. The maximum atomic E-state index is 11.1. The Balaban J connectivity index is 1.78. The van der Waals surface area contributed by atoms with Crippen molar-refractivity contribution in [2.75, 3.05) is 0 Å². The average molecular weight is 380 g/mol. The molecule has 0 aliphatic rings. The van der Waals surface area contributed by atoms with Crippen LogP contribution < -0.4 is 0 Å². The van der Waals surface area contributed by atoms with Crippen LogP contribution in [0.1, 0.15) is 15.4 Å². The van der Waals surface area contributed by atoms with Gasteiger partial charge in [0.15, 0.2) is 0 Å². The first-order valence-electron chi connectivity index (χ1n) is 6.13. The molecule has 1 heterocycles. The van der Waals surface area contributed by atoms with Crippen molar-refractivity contribution in [2.24, 2.45) is 0 Å². The van der Waals surface area contributed by atoms with Crippen molar-refractivity contribution in [2.45, 2.75) is 10.6 Å². The maximum Gasteiger partial charge on any atom is 0.336 e. The molecule has 0 spiro atoms. The molecule has 1 N–H and O–H groups in total. The molecule has 0 aliphatic carbocycles. The Morgan fingerprint density at radius 2 is 2.10 bits per heavy atom. The van der Waals surface area contributed by atoms with Crippen LogP contribution in [0.25, 0.3) is 10.2 Å². The number of rotatable bonds is 4. The molecule has 0 saturated heterocycles. The van der Waals surface area contributed by atoms with Crippen LogP contribution in [0.15, 0.2) is 51.8 Å². The van der Waals surface area contributed by atoms with Crippen molar-refractivity contribution in [3.05, 3.63) is 57.5 Å². The number of hydrogen-bond donors (Lipinski definition) is 1. The normalized spacial score (nSPS) is 10.9. The number of carboxylic acids is 1. The maximum absolute atomic E-state index is 11.1. The molecule has 0 fully saturated rings. The second-order valence-corrected chi connectivity index (χ2v) is 7.33. The zero-order valence-corrected chi connectivity index (χ0v) is 14.0. The van der Waals surface area contributed by atoms with Crippen LogP contribution in [0, 0.1) is 0 Å². The van der Waals surface area contributed by atoms with Crippen molar-refractivity contribution in [1.82, 2.24) is 4.98 Å². The first-order chi connectivity index (χ1) is 10.1. The van der Waals surface area contributed by atoms with Gasteiger partial charge >= 0.3 is 5.97 Å². The SMILES string of the molecule is O=C(O)c1cc(SCc2nc3ccccc3s2)ccc1Br. The van der Waals surface area contributed by atoms with E-state index in [9.17, 15) is 4.79 Å². The van der Waals surface area contributed by atoms with E-state index in [1.807, 2.05) is 24.3 Å². The molecule has 2 aromatic carbocycles. The van der Waals surface area contributed by atoms with E-state index in [-0.39, 0.29) is 5.56 Å². The molecule has 0 aliphatic heterocycles. The van der Waals surface area contributed by atoms with Crippen molar-refractivity contribution < 1.29 is 9.90 Å². The Kier molecular flexibility index (Phi) is 4.28. The lowest BCUT2D eigenvalue weighted by Gasteiger charge is -2.03. The number of aromatic nitrogens is 1. The number of fused-ring (bicyclic) bond motifs is 1. The number of carbonyl (C=O) groups is 1. The van der Waals surface area contributed by atoms with Crippen LogP contribution in [0.3, 0.4) is 0 Å². The summed E-state index contributed by atoms with van der Waals surface area (Å²) in [5.74, 6) is -0.190. The second kappa shape index (κ2) is 6.17. The summed E-state index contributed by atoms with van der Waals surface area (Å²) in [5.41, 5.74) is 1.30. The Morgan fingerprint density at radius 1 is 1.29 bits per heavy atom. The summed E-state index contributed by atoms with van der Waals surface area (Å²) in [5, 5.41) is 10.2. The zero-order chi connectivity index (χ0) is 14.8. The third-order valence-corrected chi connectivity index (χ3v) is 5.78. The van der Waals surface area contributed by atoms with E-state index in [2.05, 4.69) is 27.0 Å². The highest BCUT2D eigenvalue weighted by atomic mass is 79.9. The zero-order valence-electron chi connectivity index (χ0n) is 10.7. The number of thiazole rings is 1. The minimum absolute atomic E-state index is 0.282. The third kappa shape index (κ3) is 3.28. The fraction of sp³-hybridized carbons (Fsp3) is 0.0667. The van der Waals surface area contributed by atoms with Gasteiger partial charge in [0, 0.05) is 9.37 Å². The fourth-order valence-corrected chi connectivity index (χ4v) is 4.20. The Morgan fingerprint density at radius 3 is 2.86 bits per heavy atom. The standard InChI is InChI=1S/C15H10BrNO2S2/c16-11-6-5-9(7-10(11)15(18)19)20-8-14-17-12-3-1-2-4-13(12)21-14/h1-7H,8H2,(H,18,19). The van der Waals surface area contributed by atoms with Crippen LogP contribution in [0.4, 0.5) is 0 Å². The van der Waals surface area contributed by atoms with E-state index in [1.165, 1.54) is 4.70 Å². The van der Waals surface area contributed by atoms with Crippen LogP contribution in [-0.2, 0) is 5.75 Å². The number of nitrogens with zero attached hydrogens (tertiary/aromatic N) is 1. The monoisotopic (exact) mass is 379 g/mol. The van der Waals surface area contributed by atoms with Crippen LogP contribution in [0.5, 0.6) is 0 Å². The predicted molar refractivity (Wildman–Crippen MR) is 90.3 cm³/mol. The molecule has 6 heteroatoms. The number of carboxylic acid groups (broad SMARTS) is 1. The molecule has 0 saturated carbocycles. The van der Waals surface area contributed by atoms with Gasteiger partial charge in [-0.2, -0.15) is 0 Å². The summed E-state index contributed by atoms with van der Waals surface area (Å²) in [6.45, 7) is 0. The number of aromatic carboxylic acids is 1. The number of hydrogen-bond acceptors (Lipinski definition) is 4. The molecule has 0 radical (unpaired) electrons. The van der Waals surface area contributed by atoms with Gasteiger partial charge in [-0.1, -0.05) is 12.1 Å². The molecule has 0 bridgehead atoms. The first-order valence-corrected chi connectivity index (χ1v) is 8.73. The van der Waals surface area contributed by atoms with Gasteiger partial charge in [0.1, 0.15) is 5.01 Å². The highest BCUT2D eigenvalue weighted by Crippen LogP contribution is 2.30. The van der Waals surface area contributed by atoms with E-state index in [0.717, 1.165) is 21.2 Å². The summed E-state index contributed by atoms with van der Waals surface area (Å²) >= 11 is 6.52. The molecule has 0 atom stereocenters. The van der Waals surface area contributed by atoms with E-state index in [4.69, 9.17) is 5.11 Å². The molecule has 21 heavy (non-hydrogen) atoms. The van der Waals surface area contributed by atoms with Crippen molar-refractivity contribution in [3.8, 4) is 0 Å². The van der Waals surface area contributed by atoms with Gasteiger partial charge in [-0.15, -0.1) is 23.1 Å². The van der Waals surface area contributed by atoms with Gasteiger partial charge in [0.25, 0.3) is 0 Å². The quantitative estimate of drug-likeness (QED) is 0.644. The number of halogens is 1. The summed E-state index contributed by atoms with van der Waals surface area (Å²) < 4.78 is 1.77. The van der Waals surface area contributed by atoms with Crippen LogP contribution in [-0.4, -0.2) is 16.1 Å². The number of benzene rings is 2. The van der Waals surface area contributed by atoms with Crippen LogP contribution in [0.2, 0.25) is 0 Å². The summed E-state index contributed by atoms with van der Waals surface area (Å²) in [7, 11) is 0. The predicted octanol–water partition coefficient (Wildman–Crippen LogP) is 5.05. The van der Waals surface area contributed by atoms with Crippen LogP contribution >= 0.6 is 39.0 Å². The van der Waals surface area contributed by atoms with Gasteiger partial charge in [-0.05, 0) is 46.3 Å². The Hall–Kier alpha value is -1.37. The van der Waals surface area contributed by atoms with E-state index in [1.54, 1.807) is 35.2 Å². The highest BCUT2D eigenvalue weighted by Gasteiger charge is 2.10. The van der Waals surface area contributed by atoms with E-state index in [0.29, 0.717) is 4.47 Å². The molecule has 3 rings (SSSR count). The smallest absolute Gasteiger partial charge is 0.336 e. The number of para-hydroxylation sites is 1. The van der Waals surface area contributed by atoms with Crippen molar-refractivity contribution in [1.29, 1.82) is 0 Å². The molecule has 3 nitrogen and oxygen atoms in total. The van der Waals surface area contributed by atoms with E-state index < -0.39 is 5.97 Å². The highest BCUT2D eigenvalue weighted by molar-refractivity contribution is 9.10. The molecular weight excluding hydrogens is 370 g/mol. The van der Waals surface area contributed by atoms with Crippen molar-refractivity contribution in [3.63, 3.8) is 0 Å². The first kappa shape index (κ1) is 14.6. The molecular formula is C15H10BrNO2S2. The topological polar surface area (TPSA) is 50.2 Å². The Labute approximate surface area is 138 Å². The molecule has 3 aromatic rings. The summed E-state index contributed by atoms with van der Waals surface area (Å²) in [4.78, 5) is 16.6. The van der Waals surface area contributed by atoms with Gasteiger partial charge < -0.3 is 5.11 Å².